The number of piperidine rings is 1. The Morgan fingerprint density at radius 2 is 2.27 bits per heavy atom. The number of nitrogens with two attached hydrogens (primary N) is 1. The molecule has 2 rings (SSSR count). The van der Waals surface area contributed by atoms with Crippen molar-refractivity contribution in [1.29, 1.82) is 0 Å². The molecule has 0 aliphatic carbocycles. The van der Waals surface area contributed by atoms with Crippen molar-refractivity contribution < 1.29 is 9.90 Å². The van der Waals surface area contributed by atoms with Crippen LogP contribution in [0.5, 0.6) is 0 Å². The Morgan fingerprint density at radius 3 is 2.73 bits per heavy atom. The summed E-state index contributed by atoms with van der Waals surface area (Å²) in [6.45, 7) is 1.55. The molecule has 0 unspecified atom stereocenters. The van der Waals surface area contributed by atoms with Crippen molar-refractivity contribution in [3.05, 3.63) is 6.20 Å². The molecule has 1 saturated heterocycles. The van der Waals surface area contributed by atoms with Crippen LogP contribution >= 0.6 is 11.3 Å². The quantitative estimate of drug-likeness (QED) is 0.788. The summed E-state index contributed by atoms with van der Waals surface area (Å²) in [6.07, 6.45) is 3.15. The normalized spacial score (nSPS) is 18.0. The van der Waals surface area contributed by atoms with Crippen LogP contribution in [-0.2, 0) is 4.79 Å². The molecule has 0 radical (unpaired) electrons. The van der Waals surface area contributed by atoms with E-state index in [4.69, 9.17) is 10.8 Å². The molecule has 1 aromatic heterocycles. The first kappa shape index (κ1) is 10.2. The monoisotopic (exact) mass is 227 g/mol. The third kappa shape index (κ3) is 2.20. The van der Waals surface area contributed by atoms with Crippen molar-refractivity contribution >= 4 is 27.4 Å². The third-order valence-electron chi connectivity index (χ3n) is 2.67. The van der Waals surface area contributed by atoms with E-state index >= 15 is 0 Å². The molecule has 15 heavy (non-hydrogen) atoms. The average Bonchev–Trinajstić information content (AvgIpc) is 2.65. The molecule has 0 aromatic carbocycles. The molecule has 0 atom stereocenters. The molecule has 82 valence electrons. The van der Waals surface area contributed by atoms with Crippen molar-refractivity contribution in [2.75, 3.05) is 23.7 Å². The summed E-state index contributed by atoms with van der Waals surface area (Å²) in [4.78, 5) is 16.9. The maximum Gasteiger partial charge on any atom is 0.306 e. The maximum absolute atomic E-state index is 10.8. The number of nitrogens with zero attached hydrogens (tertiary/aromatic N) is 2. The summed E-state index contributed by atoms with van der Waals surface area (Å²) >= 11 is 1.45. The Morgan fingerprint density at radius 1 is 1.60 bits per heavy atom. The Balaban J connectivity index is 1.96. The molecule has 3 N–H and O–H groups in total. The number of carbonyl (C=O) groups is 1. The molecule has 5 nitrogen and oxygen atoms in total. The summed E-state index contributed by atoms with van der Waals surface area (Å²) in [7, 11) is 0. The largest absolute Gasteiger partial charge is 0.481 e. The van der Waals surface area contributed by atoms with Gasteiger partial charge in [0.25, 0.3) is 0 Å². The van der Waals surface area contributed by atoms with Crippen LogP contribution in [-0.4, -0.2) is 29.1 Å². The third-order valence-corrected chi connectivity index (χ3v) is 3.55. The van der Waals surface area contributed by atoms with Crippen LogP contribution in [0.2, 0.25) is 0 Å². The molecule has 1 fully saturated rings. The average molecular weight is 227 g/mol. The van der Waals surface area contributed by atoms with Gasteiger partial charge >= 0.3 is 5.97 Å². The van der Waals surface area contributed by atoms with E-state index in [1.807, 2.05) is 0 Å². The van der Waals surface area contributed by atoms with Crippen LogP contribution in [0.1, 0.15) is 12.8 Å². The molecule has 0 saturated carbocycles. The van der Waals surface area contributed by atoms with E-state index in [0.717, 1.165) is 18.1 Å². The van der Waals surface area contributed by atoms with E-state index in [9.17, 15) is 4.79 Å². The van der Waals surface area contributed by atoms with E-state index in [0.29, 0.717) is 18.0 Å². The van der Waals surface area contributed by atoms with E-state index < -0.39 is 5.97 Å². The van der Waals surface area contributed by atoms with Crippen LogP contribution in [0.15, 0.2) is 6.20 Å². The number of hydrogen-bond donors (Lipinski definition) is 2. The lowest BCUT2D eigenvalue weighted by molar-refractivity contribution is -0.142. The van der Waals surface area contributed by atoms with Crippen LogP contribution in [0.3, 0.4) is 0 Å². The minimum Gasteiger partial charge on any atom is -0.481 e. The second kappa shape index (κ2) is 4.06. The lowest BCUT2D eigenvalue weighted by Crippen LogP contribution is -2.35. The van der Waals surface area contributed by atoms with Crippen LogP contribution in [0.25, 0.3) is 0 Å². The highest BCUT2D eigenvalue weighted by Gasteiger charge is 2.25. The van der Waals surface area contributed by atoms with Gasteiger partial charge in [0, 0.05) is 13.1 Å². The number of aromatic nitrogens is 1. The molecular formula is C9H13N3O2S. The lowest BCUT2D eigenvalue weighted by atomic mass is 9.97. The number of nitrogen functional groups attached to an aromatic ring is 1. The number of aliphatic carboxylic acids is 1. The van der Waals surface area contributed by atoms with Gasteiger partial charge in [-0.05, 0) is 12.8 Å². The maximum atomic E-state index is 10.8. The minimum atomic E-state index is -0.682. The first-order chi connectivity index (χ1) is 7.16. The zero-order chi connectivity index (χ0) is 10.8. The van der Waals surface area contributed by atoms with Crippen LogP contribution < -0.4 is 10.6 Å². The van der Waals surface area contributed by atoms with E-state index in [1.54, 1.807) is 6.20 Å². The van der Waals surface area contributed by atoms with Crippen molar-refractivity contribution in [2.24, 2.45) is 5.92 Å². The van der Waals surface area contributed by atoms with E-state index in [1.165, 1.54) is 11.3 Å². The molecule has 0 amide bonds. The van der Waals surface area contributed by atoms with Gasteiger partial charge in [-0.3, -0.25) is 4.79 Å². The predicted molar refractivity (Wildman–Crippen MR) is 59.1 cm³/mol. The molecule has 1 aliphatic rings. The van der Waals surface area contributed by atoms with Gasteiger partial charge in [-0.25, -0.2) is 4.98 Å². The van der Waals surface area contributed by atoms with Crippen molar-refractivity contribution in [1.82, 2.24) is 4.98 Å². The van der Waals surface area contributed by atoms with Crippen molar-refractivity contribution in [3.63, 3.8) is 0 Å². The fourth-order valence-corrected chi connectivity index (χ4v) is 2.51. The first-order valence-electron chi connectivity index (χ1n) is 4.86. The molecule has 0 spiro atoms. The zero-order valence-electron chi connectivity index (χ0n) is 8.22. The van der Waals surface area contributed by atoms with Crippen LogP contribution in [0.4, 0.5) is 10.1 Å². The molecule has 2 heterocycles. The summed E-state index contributed by atoms with van der Waals surface area (Å²) in [6, 6.07) is 0. The van der Waals surface area contributed by atoms with Crippen LogP contribution in [0, 0.1) is 5.92 Å². The number of carboxylic acids is 1. The summed E-state index contributed by atoms with van der Waals surface area (Å²) in [5, 5.41) is 10.4. The number of carboxylic acid groups (broad SMARTS) is 1. The van der Waals surface area contributed by atoms with Gasteiger partial charge in [0.15, 0.2) is 5.13 Å². The van der Waals surface area contributed by atoms with Gasteiger partial charge in [0.05, 0.1) is 12.1 Å². The highest BCUT2D eigenvalue weighted by atomic mass is 32.1. The fraction of sp³-hybridized carbons (Fsp3) is 0.556. The number of rotatable bonds is 2. The second-order valence-electron chi connectivity index (χ2n) is 3.64. The van der Waals surface area contributed by atoms with E-state index in [2.05, 4.69) is 9.88 Å². The number of thiazole rings is 1. The number of anilines is 2. The van der Waals surface area contributed by atoms with Crippen molar-refractivity contribution in [2.45, 2.75) is 12.8 Å². The Kier molecular flexibility index (Phi) is 2.77. The number of hydrogen-bond acceptors (Lipinski definition) is 5. The van der Waals surface area contributed by atoms with Gasteiger partial charge in [0.2, 0.25) is 0 Å². The first-order valence-corrected chi connectivity index (χ1v) is 5.67. The Bertz CT molecular complexity index is 358. The van der Waals surface area contributed by atoms with Gasteiger partial charge in [-0.2, -0.15) is 0 Å². The summed E-state index contributed by atoms with van der Waals surface area (Å²) < 4.78 is 0. The topological polar surface area (TPSA) is 79.5 Å². The fourth-order valence-electron chi connectivity index (χ4n) is 1.77. The Hall–Kier alpha value is -1.30. The summed E-state index contributed by atoms with van der Waals surface area (Å²) in [5.41, 5.74) is 5.55. The highest BCUT2D eigenvalue weighted by molar-refractivity contribution is 7.19. The predicted octanol–water partition coefficient (Wildman–Crippen LogP) is 1.03. The van der Waals surface area contributed by atoms with Crippen molar-refractivity contribution in [3.8, 4) is 0 Å². The molecule has 6 heteroatoms. The molecular weight excluding hydrogens is 214 g/mol. The second-order valence-corrected chi connectivity index (χ2v) is 4.68. The smallest absolute Gasteiger partial charge is 0.306 e. The molecule has 1 aromatic rings. The van der Waals surface area contributed by atoms with E-state index in [-0.39, 0.29) is 5.92 Å². The molecule has 0 bridgehead atoms. The minimum absolute atomic E-state index is 0.188. The summed E-state index contributed by atoms with van der Waals surface area (Å²) in [5.74, 6) is -0.870. The SMILES string of the molecule is Nc1ncc(N2CCC(C(=O)O)CC2)s1. The zero-order valence-corrected chi connectivity index (χ0v) is 9.04. The lowest BCUT2D eigenvalue weighted by Gasteiger charge is -2.30. The van der Waals surface area contributed by atoms with Gasteiger partial charge in [-0.15, -0.1) is 0 Å². The highest BCUT2D eigenvalue weighted by Crippen LogP contribution is 2.29. The van der Waals surface area contributed by atoms with Gasteiger partial charge in [0.1, 0.15) is 5.00 Å². The van der Waals surface area contributed by atoms with Gasteiger partial charge < -0.3 is 15.7 Å². The van der Waals surface area contributed by atoms with Gasteiger partial charge in [-0.1, -0.05) is 11.3 Å². The Labute approximate surface area is 91.5 Å². The molecule has 1 aliphatic heterocycles. The standard InChI is InChI=1S/C9H13N3O2S/c10-9-11-5-7(15-9)12-3-1-6(2-4-12)8(13)14/h5-6H,1-4H2,(H2,10,11)(H,13,14).